The second-order valence-corrected chi connectivity index (χ2v) is 4.88. The Morgan fingerprint density at radius 2 is 2.53 bits per heavy atom. The van der Waals surface area contributed by atoms with Gasteiger partial charge in [0, 0.05) is 32.4 Å². The third kappa shape index (κ3) is 3.49. The average Bonchev–Trinajstić information content (AvgIpc) is 2.29. The molecule has 1 saturated heterocycles. The van der Waals surface area contributed by atoms with Crippen LogP contribution in [-0.2, 0) is 11.3 Å². The van der Waals surface area contributed by atoms with Gasteiger partial charge in [0.25, 0.3) is 0 Å². The minimum atomic E-state index is -0.786. The number of carboxylic acids is 1. The van der Waals surface area contributed by atoms with Gasteiger partial charge in [-0.1, -0.05) is 0 Å². The van der Waals surface area contributed by atoms with Gasteiger partial charge in [0.05, 0.1) is 0 Å². The number of aliphatic carboxylic acids is 1. The third-order valence-electron chi connectivity index (χ3n) is 2.75. The summed E-state index contributed by atoms with van der Waals surface area (Å²) in [4.78, 5) is 17.1. The molecule has 0 saturated carbocycles. The predicted molar refractivity (Wildman–Crippen MR) is 66.6 cm³/mol. The zero-order valence-corrected chi connectivity index (χ0v) is 10.9. The van der Waals surface area contributed by atoms with Gasteiger partial charge >= 0.3 is 5.97 Å². The highest BCUT2D eigenvalue weighted by atomic mass is 79.9. The van der Waals surface area contributed by atoms with Gasteiger partial charge < -0.3 is 10.4 Å². The highest BCUT2D eigenvalue weighted by molar-refractivity contribution is 9.10. The van der Waals surface area contributed by atoms with Crippen molar-refractivity contribution in [1.29, 1.82) is 0 Å². The lowest BCUT2D eigenvalue weighted by Gasteiger charge is -2.31. The Labute approximate surface area is 108 Å². The maximum absolute atomic E-state index is 10.9. The van der Waals surface area contributed by atoms with Crippen molar-refractivity contribution >= 4 is 21.9 Å². The van der Waals surface area contributed by atoms with Crippen molar-refractivity contribution in [2.45, 2.75) is 12.6 Å². The van der Waals surface area contributed by atoms with Crippen molar-refractivity contribution in [3.63, 3.8) is 0 Å². The van der Waals surface area contributed by atoms with E-state index in [1.54, 1.807) is 6.20 Å². The summed E-state index contributed by atoms with van der Waals surface area (Å²) in [6, 6.07) is 3.44. The summed E-state index contributed by atoms with van der Waals surface area (Å²) in [6.07, 6.45) is 1.75. The molecule has 1 atom stereocenters. The van der Waals surface area contributed by atoms with Crippen LogP contribution in [0.3, 0.4) is 0 Å². The van der Waals surface area contributed by atoms with Crippen LogP contribution in [0.2, 0.25) is 0 Å². The third-order valence-corrected chi connectivity index (χ3v) is 3.19. The Bertz CT molecular complexity index is 413. The normalized spacial score (nSPS) is 21.4. The van der Waals surface area contributed by atoms with E-state index in [9.17, 15) is 4.79 Å². The van der Waals surface area contributed by atoms with Crippen molar-refractivity contribution in [3.05, 3.63) is 28.5 Å². The van der Waals surface area contributed by atoms with Gasteiger partial charge in [0.2, 0.25) is 0 Å². The Morgan fingerprint density at radius 3 is 3.24 bits per heavy atom. The van der Waals surface area contributed by atoms with E-state index in [4.69, 9.17) is 5.11 Å². The molecule has 6 heteroatoms. The number of rotatable bonds is 3. The van der Waals surface area contributed by atoms with Crippen LogP contribution in [0.15, 0.2) is 22.9 Å². The van der Waals surface area contributed by atoms with Gasteiger partial charge in [-0.3, -0.25) is 9.69 Å². The molecule has 2 N–H and O–H groups in total. The van der Waals surface area contributed by atoms with Crippen LogP contribution in [0, 0.1) is 0 Å². The Balaban J connectivity index is 1.97. The molecule has 2 heterocycles. The number of pyridine rings is 1. The molecule has 5 nitrogen and oxygen atoms in total. The molecule has 1 aliphatic rings. The average molecular weight is 300 g/mol. The maximum atomic E-state index is 10.9. The molecule has 0 bridgehead atoms. The standard InChI is InChI=1S/C11H14BrN3O2/c12-10-5-8(1-2-14-10)6-15-4-3-13-9(7-15)11(16)17/h1-2,5,9,13H,3-4,6-7H2,(H,16,17). The summed E-state index contributed by atoms with van der Waals surface area (Å²) in [5.74, 6) is -0.786. The molecule has 0 aromatic carbocycles. The largest absolute Gasteiger partial charge is 0.480 e. The summed E-state index contributed by atoms with van der Waals surface area (Å²) < 4.78 is 0.805. The Morgan fingerprint density at radius 1 is 1.71 bits per heavy atom. The van der Waals surface area contributed by atoms with Gasteiger partial charge in [-0.15, -0.1) is 0 Å². The van der Waals surface area contributed by atoms with Crippen molar-refractivity contribution in [3.8, 4) is 0 Å². The molecule has 0 radical (unpaired) electrons. The molecule has 2 rings (SSSR count). The van der Waals surface area contributed by atoms with Crippen molar-refractivity contribution in [2.75, 3.05) is 19.6 Å². The molecule has 92 valence electrons. The number of piperazine rings is 1. The fourth-order valence-electron chi connectivity index (χ4n) is 1.92. The fourth-order valence-corrected chi connectivity index (χ4v) is 2.33. The SMILES string of the molecule is O=C(O)C1CN(Cc2ccnc(Br)c2)CCN1. The molecular weight excluding hydrogens is 286 g/mol. The zero-order chi connectivity index (χ0) is 12.3. The minimum absolute atomic E-state index is 0.464. The molecule has 0 aliphatic carbocycles. The van der Waals surface area contributed by atoms with E-state index < -0.39 is 12.0 Å². The van der Waals surface area contributed by atoms with Gasteiger partial charge in [0.15, 0.2) is 0 Å². The van der Waals surface area contributed by atoms with Crippen LogP contribution >= 0.6 is 15.9 Å². The lowest BCUT2D eigenvalue weighted by Crippen LogP contribution is -2.53. The molecule has 0 amide bonds. The first kappa shape index (κ1) is 12.5. The van der Waals surface area contributed by atoms with E-state index in [1.165, 1.54) is 0 Å². The van der Waals surface area contributed by atoms with Crippen molar-refractivity contribution < 1.29 is 9.90 Å². The highest BCUT2D eigenvalue weighted by Crippen LogP contribution is 2.11. The lowest BCUT2D eigenvalue weighted by molar-refractivity contribution is -0.140. The van der Waals surface area contributed by atoms with Crippen LogP contribution in [0.5, 0.6) is 0 Å². The first-order chi connectivity index (χ1) is 8.15. The van der Waals surface area contributed by atoms with Gasteiger partial charge in [0.1, 0.15) is 10.6 Å². The molecule has 1 unspecified atom stereocenters. The number of carboxylic acid groups (broad SMARTS) is 1. The molecule has 0 spiro atoms. The molecule has 1 aliphatic heterocycles. The second-order valence-electron chi connectivity index (χ2n) is 4.07. The molecule has 1 aromatic rings. The van der Waals surface area contributed by atoms with Crippen LogP contribution in [0.4, 0.5) is 0 Å². The number of hydrogen-bond donors (Lipinski definition) is 2. The topological polar surface area (TPSA) is 65.5 Å². The quantitative estimate of drug-likeness (QED) is 0.805. The van der Waals surface area contributed by atoms with Gasteiger partial charge in [-0.05, 0) is 33.6 Å². The summed E-state index contributed by atoms with van der Waals surface area (Å²) in [5, 5.41) is 11.9. The molecule has 17 heavy (non-hydrogen) atoms. The van der Waals surface area contributed by atoms with E-state index in [1.807, 2.05) is 12.1 Å². The zero-order valence-electron chi connectivity index (χ0n) is 9.27. The van der Waals surface area contributed by atoms with Crippen LogP contribution < -0.4 is 5.32 Å². The minimum Gasteiger partial charge on any atom is -0.480 e. The summed E-state index contributed by atoms with van der Waals surface area (Å²) in [7, 11) is 0. The Kier molecular flexibility index (Phi) is 4.09. The number of halogens is 1. The number of nitrogens with one attached hydrogen (secondary N) is 1. The second kappa shape index (κ2) is 5.57. The summed E-state index contributed by atoms with van der Waals surface area (Å²) in [6.45, 7) is 2.87. The first-order valence-corrected chi connectivity index (χ1v) is 6.23. The summed E-state index contributed by atoms with van der Waals surface area (Å²) in [5.41, 5.74) is 1.14. The van der Waals surface area contributed by atoms with Crippen LogP contribution in [0.1, 0.15) is 5.56 Å². The van der Waals surface area contributed by atoms with E-state index in [0.29, 0.717) is 13.1 Å². The number of hydrogen-bond acceptors (Lipinski definition) is 4. The predicted octanol–water partition coefficient (Wildman–Crippen LogP) is 0.702. The first-order valence-electron chi connectivity index (χ1n) is 5.44. The highest BCUT2D eigenvalue weighted by Gasteiger charge is 2.24. The van der Waals surface area contributed by atoms with Gasteiger partial charge in [-0.2, -0.15) is 0 Å². The number of nitrogens with zero attached hydrogens (tertiary/aromatic N) is 2. The fraction of sp³-hybridized carbons (Fsp3) is 0.455. The van der Waals surface area contributed by atoms with Crippen LogP contribution in [0.25, 0.3) is 0 Å². The van der Waals surface area contributed by atoms with Gasteiger partial charge in [-0.25, -0.2) is 4.98 Å². The van der Waals surface area contributed by atoms with E-state index in [-0.39, 0.29) is 0 Å². The summed E-state index contributed by atoms with van der Waals surface area (Å²) >= 11 is 3.33. The van der Waals surface area contributed by atoms with Crippen molar-refractivity contribution in [1.82, 2.24) is 15.2 Å². The molecular formula is C11H14BrN3O2. The number of carbonyl (C=O) groups is 1. The van der Waals surface area contributed by atoms with Crippen LogP contribution in [-0.4, -0.2) is 46.6 Å². The lowest BCUT2D eigenvalue weighted by atomic mass is 10.2. The monoisotopic (exact) mass is 299 g/mol. The smallest absolute Gasteiger partial charge is 0.322 e. The number of aromatic nitrogens is 1. The van der Waals surface area contributed by atoms with Crippen molar-refractivity contribution in [2.24, 2.45) is 0 Å². The van der Waals surface area contributed by atoms with E-state index in [0.717, 1.165) is 23.3 Å². The molecule has 1 fully saturated rings. The van der Waals surface area contributed by atoms with E-state index in [2.05, 4.69) is 31.1 Å². The Hall–Kier alpha value is -0.980. The molecule has 1 aromatic heterocycles. The van der Waals surface area contributed by atoms with E-state index >= 15 is 0 Å². The maximum Gasteiger partial charge on any atom is 0.322 e.